The number of esters is 3. The summed E-state index contributed by atoms with van der Waals surface area (Å²) in [6, 6.07) is 0. The van der Waals surface area contributed by atoms with E-state index in [0.29, 0.717) is 12.8 Å². The number of hydrogen-bond acceptors (Lipinski definition) is 6. The number of hydrogen-bond donors (Lipinski definition) is 0. The van der Waals surface area contributed by atoms with Crippen molar-refractivity contribution in [3.8, 4) is 0 Å². The van der Waals surface area contributed by atoms with Crippen molar-refractivity contribution in [2.24, 2.45) is 0 Å². The fourth-order valence-electron chi connectivity index (χ4n) is 5.86. The number of carbonyl (C=O) groups excluding carboxylic acids is 3. The van der Waals surface area contributed by atoms with Gasteiger partial charge in [0.1, 0.15) is 13.2 Å². The van der Waals surface area contributed by atoms with Crippen LogP contribution >= 0.6 is 0 Å². The smallest absolute Gasteiger partial charge is 0.306 e. The van der Waals surface area contributed by atoms with Crippen LogP contribution < -0.4 is 0 Å². The lowest BCUT2D eigenvalue weighted by molar-refractivity contribution is -0.167. The molecule has 0 rings (SSSR count). The Morgan fingerprint density at radius 2 is 0.672 bits per heavy atom. The topological polar surface area (TPSA) is 78.9 Å². The van der Waals surface area contributed by atoms with E-state index >= 15 is 0 Å². The number of ether oxygens (including phenoxy) is 3. The van der Waals surface area contributed by atoms with Crippen molar-refractivity contribution in [3.63, 3.8) is 0 Å². The van der Waals surface area contributed by atoms with Gasteiger partial charge in [-0.25, -0.2) is 0 Å². The normalized spacial score (nSPS) is 12.9. The molecule has 0 aromatic carbocycles. The molecule has 58 heavy (non-hydrogen) atoms. The van der Waals surface area contributed by atoms with Gasteiger partial charge in [-0.15, -0.1) is 0 Å². The van der Waals surface area contributed by atoms with E-state index in [1.165, 1.54) is 12.8 Å². The van der Waals surface area contributed by atoms with Crippen LogP contribution in [0.3, 0.4) is 0 Å². The third kappa shape index (κ3) is 43.5. The molecular weight excluding hydrogens is 721 g/mol. The molecule has 0 radical (unpaired) electrons. The van der Waals surface area contributed by atoms with Crippen molar-refractivity contribution in [2.75, 3.05) is 13.2 Å². The number of rotatable bonds is 40. The number of unbranched alkanes of at least 4 members (excludes halogenated alkanes) is 13. The lowest BCUT2D eigenvalue weighted by Crippen LogP contribution is -2.30. The highest BCUT2D eigenvalue weighted by atomic mass is 16.6. The molecule has 0 aromatic heterocycles. The highest BCUT2D eigenvalue weighted by Crippen LogP contribution is 2.12. The summed E-state index contributed by atoms with van der Waals surface area (Å²) in [4.78, 5) is 37.8. The van der Waals surface area contributed by atoms with Crippen molar-refractivity contribution < 1.29 is 28.6 Å². The second kappa shape index (κ2) is 46.0. The van der Waals surface area contributed by atoms with E-state index in [1.807, 2.05) is 0 Å². The summed E-state index contributed by atoms with van der Waals surface area (Å²) in [5.41, 5.74) is 0. The van der Waals surface area contributed by atoms with Crippen molar-refractivity contribution in [3.05, 3.63) is 97.2 Å². The molecule has 0 fully saturated rings. The van der Waals surface area contributed by atoms with Crippen LogP contribution in [-0.4, -0.2) is 37.2 Å². The molecule has 0 bridgehead atoms. The zero-order valence-corrected chi connectivity index (χ0v) is 37.3. The maximum absolute atomic E-state index is 12.7. The summed E-state index contributed by atoms with van der Waals surface area (Å²) in [5, 5.41) is 0. The van der Waals surface area contributed by atoms with Gasteiger partial charge in [-0.2, -0.15) is 0 Å². The fourth-order valence-corrected chi connectivity index (χ4v) is 5.86. The largest absolute Gasteiger partial charge is 0.462 e. The minimum absolute atomic E-state index is 0.104. The lowest BCUT2D eigenvalue weighted by atomic mass is 10.1. The van der Waals surface area contributed by atoms with E-state index in [2.05, 4.69) is 118 Å². The molecule has 328 valence electrons. The summed E-state index contributed by atoms with van der Waals surface area (Å²) >= 11 is 0. The maximum atomic E-state index is 12.7. The highest BCUT2D eigenvalue weighted by molar-refractivity contribution is 5.71. The standard InChI is InChI=1S/C52H84O6/c1-4-7-10-13-16-19-22-24-25-26-27-29-30-33-36-39-42-45-51(54)57-48-49(47-56-50(53)44-41-38-35-32-21-18-15-12-9-6-3)58-52(55)46-43-40-37-34-31-28-23-20-17-14-11-8-5-2/h7-8,10-12,15-17,19-20,24-25,27-29,31,49H,4-6,9,13-14,18,21-23,26,30,32-48H2,1-3H3/b10-7-,11-8-,15-12-,19-16-,20-17-,25-24-,29-27-,31-28-. The van der Waals surface area contributed by atoms with Crippen LogP contribution in [0.15, 0.2) is 97.2 Å². The van der Waals surface area contributed by atoms with Gasteiger partial charge in [0, 0.05) is 19.3 Å². The first-order chi connectivity index (χ1) is 28.5. The molecule has 0 spiro atoms. The Morgan fingerprint density at radius 3 is 1.09 bits per heavy atom. The molecule has 0 aliphatic heterocycles. The van der Waals surface area contributed by atoms with Gasteiger partial charge in [0.2, 0.25) is 0 Å². The van der Waals surface area contributed by atoms with Crippen LogP contribution in [0.2, 0.25) is 0 Å². The first-order valence-corrected chi connectivity index (χ1v) is 23.2. The summed E-state index contributed by atoms with van der Waals surface area (Å²) in [6.45, 7) is 6.26. The van der Waals surface area contributed by atoms with Crippen molar-refractivity contribution >= 4 is 17.9 Å². The molecule has 1 unspecified atom stereocenters. The van der Waals surface area contributed by atoms with Crippen LogP contribution in [0.5, 0.6) is 0 Å². The molecule has 6 heteroatoms. The number of carbonyl (C=O) groups is 3. The molecule has 0 amide bonds. The molecule has 0 saturated heterocycles. The molecular formula is C52H84O6. The van der Waals surface area contributed by atoms with Gasteiger partial charge < -0.3 is 14.2 Å². The Hall–Kier alpha value is -3.67. The third-order valence-corrected chi connectivity index (χ3v) is 9.28. The second-order valence-corrected chi connectivity index (χ2v) is 14.9. The second-order valence-electron chi connectivity index (χ2n) is 14.9. The van der Waals surface area contributed by atoms with Gasteiger partial charge in [0.15, 0.2) is 6.10 Å². The maximum Gasteiger partial charge on any atom is 0.306 e. The predicted molar refractivity (Wildman–Crippen MR) is 247 cm³/mol. The molecule has 1 atom stereocenters. The van der Waals surface area contributed by atoms with Crippen molar-refractivity contribution in [1.82, 2.24) is 0 Å². The Labute approximate surface area is 356 Å². The van der Waals surface area contributed by atoms with Gasteiger partial charge in [-0.1, -0.05) is 163 Å². The summed E-state index contributed by atoms with van der Waals surface area (Å²) in [6.07, 6.45) is 59.6. The monoisotopic (exact) mass is 805 g/mol. The van der Waals surface area contributed by atoms with Crippen molar-refractivity contribution in [2.45, 2.75) is 200 Å². The molecule has 0 heterocycles. The van der Waals surface area contributed by atoms with Crippen LogP contribution in [0, 0.1) is 0 Å². The Kier molecular flexibility index (Phi) is 43.1. The molecule has 0 aliphatic rings. The summed E-state index contributed by atoms with van der Waals surface area (Å²) in [5.74, 6) is -0.978. The lowest BCUT2D eigenvalue weighted by Gasteiger charge is -2.18. The molecule has 0 aromatic rings. The van der Waals surface area contributed by atoms with Crippen LogP contribution in [-0.2, 0) is 28.6 Å². The molecule has 0 aliphatic carbocycles. The average molecular weight is 805 g/mol. The molecule has 0 N–H and O–H groups in total. The van der Waals surface area contributed by atoms with Gasteiger partial charge in [-0.3, -0.25) is 14.4 Å². The average Bonchev–Trinajstić information content (AvgIpc) is 3.22. The summed E-state index contributed by atoms with van der Waals surface area (Å²) in [7, 11) is 0. The zero-order valence-electron chi connectivity index (χ0n) is 37.3. The SMILES string of the molecule is CC/C=C\C/C=C\C/C=C\C/C=C\CCCCCCC(=O)OCC(COC(=O)CCCCCCC/C=C\CCC)OC(=O)CCCCC/C=C\C/C=C\C/C=C\CC. The van der Waals surface area contributed by atoms with Gasteiger partial charge in [0.25, 0.3) is 0 Å². The van der Waals surface area contributed by atoms with E-state index in [0.717, 1.165) is 141 Å². The first kappa shape index (κ1) is 54.3. The predicted octanol–water partition coefficient (Wildman–Crippen LogP) is 15.0. The quantitative estimate of drug-likeness (QED) is 0.0266. The van der Waals surface area contributed by atoms with Gasteiger partial charge >= 0.3 is 17.9 Å². The number of allylic oxidation sites excluding steroid dienone is 16. The van der Waals surface area contributed by atoms with Crippen LogP contribution in [0.1, 0.15) is 194 Å². The molecule has 0 saturated carbocycles. The minimum atomic E-state index is -0.805. The zero-order chi connectivity index (χ0) is 42.3. The van der Waals surface area contributed by atoms with E-state index in [9.17, 15) is 14.4 Å². The fraction of sp³-hybridized carbons (Fsp3) is 0.635. The Bertz CT molecular complexity index is 1200. The van der Waals surface area contributed by atoms with Crippen molar-refractivity contribution in [1.29, 1.82) is 0 Å². The van der Waals surface area contributed by atoms with Gasteiger partial charge in [-0.05, 0) is 109 Å². The van der Waals surface area contributed by atoms with Crippen LogP contribution in [0.25, 0.3) is 0 Å². The third-order valence-electron chi connectivity index (χ3n) is 9.28. The summed E-state index contributed by atoms with van der Waals surface area (Å²) < 4.78 is 16.7. The van der Waals surface area contributed by atoms with E-state index in [1.54, 1.807) is 0 Å². The Balaban J connectivity index is 4.47. The molecule has 6 nitrogen and oxygen atoms in total. The van der Waals surface area contributed by atoms with E-state index in [4.69, 9.17) is 14.2 Å². The van der Waals surface area contributed by atoms with Gasteiger partial charge in [0.05, 0.1) is 0 Å². The van der Waals surface area contributed by atoms with Crippen LogP contribution in [0.4, 0.5) is 0 Å². The van der Waals surface area contributed by atoms with E-state index in [-0.39, 0.29) is 37.5 Å². The first-order valence-electron chi connectivity index (χ1n) is 23.2. The Morgan fingerprint density at radius 1 is 0.362 bits per heavy atom. The highest BCUT2D eigenvalue weighted by Gasteiger charge is 2.19. The minimum Gasteiger partial charge on any atom is -0.462 e. The van der Waals surface area contributed by atoms with E-state index < -0.39 is 6.10 Å².